The Morgan fingerprint density at radius 1 is 0.833 bits per heavy atom. The molecule has 0 amide bonds. The zero-order chi connectivity index (χ0) is 26.9. The number of carbonyl (C=O) groups excluding carboxylic acids is 2. The van der Waals surface area contributed by atoms with Crippen molar-refractivity contribution < 1.29 is 23.6 Å². The molecule has 36 heavy (non-hydrogen) atoms. The van der Waals surface area contributed by atoms with Crippen LogP contribution in [0.4, 0.5) is 0 Å². The van der Waals surface area contributed by atoms with Crippen LogP contribution in [0.15, 0.2) is 42.5 Å². The van der Waals surface area contributed by atoms with Gasteiger partial charge in [0.25, 0.3) is 5.30 Å². The maximum absolute atomic E-state index is 13.8. The molecule has 0 aromatic heterocycles. The van der Waals surface area contributed by atoms with Crippen LogP contribution in [0.25, 0.3) is 0 Å². The zero-order valence-electron chi connectivity index (χ0n) is 21.3. The van der Waals surface area contributed by atoms with Crippen LogP contribution in [0.5, 0.6) is 11.5 Å². The molecule has 0 saturated heterocycles. The predicted molar refractivity (Wildman–Crippen MR) is 146 cm³/mol. The first kappa shape index (κ1) is 27.9. The lowest BCUT2D eigenvalue weighted by Gasteiger charge is -2.21. The fourth-order valence-corrected chi connectivity index (χ4v) is 6.48. The topological polar surface area (TPSA) is 69.7 Å². The minimum atomic E-state index is -2.77. The summed E-state index contributed by atoms with van der Waals surface area (Å²) in [6, 6.07) is 12.3. The smallest absolute Gasteiger partial charge is 0.466 e. The molecule has 0 heterocycles. The molecule has 0 aliphatic carbocycles. The first-order valence-electron chi connectivity index (χ1n) is 11.2. The molecule has 188 valence electrons. The van der Waals surface area contributed by atoms with E-state index in [0.717, 1.165) is 5.56 Å². The molecule has 3 aromatic carbocycles. The molecular formula is C28H28Cl2O5P+. The fraction of sp³-hybridized carbons (Fsp3) is 0.286. The van der Waals surface area contributed by atoms with Gasteiger partial charge in [0.05, 0.1) is 25.3 Å². The van der Waals surface area contributed by atoms with Crippen LogP contribution in [-0.2, 0) is 9.98 Å². The highest BCUT2D eigenvalue weighted by molar-refractivity contribution is 7.72. The fourth-order valence-electron chi connectivity index (χ4n) is 4.06. The van der Waals surface area contributed by atoms with Gasteiger partial charge in [0.15, 0.2) is 17.3 Å². The van der Waals surface area contributed by atoms with E-state index in [1.54, 1.807) is 30.3 Å². The second-order valence-electron chi connectivity index (χ2n) is 9.45. The number of ether oxygens (including phenoxy) is 2. The van der Waals surface area contributed by atoms with Gasteiger partial charge in [-0.1, -0.05) is 91.0 Å². The Morgan fingerprint density at radius 3 is 1.72 bits per heavy atom. The monoisotopic (exact) mass is 545 g/mol. The molecule has 0 fully saturated rings. The molecule has 0 aliphatic rings. The summed E-state index contributed by atoms with van der Waals surface area (Å²) in [5.74, 6) is -0.638. The van der Waals surface area contributed by atoms with E-state index in [9.17, 15) is 14.2 Å². The highest BCUT2D eigenvalue weighted by atomic mass is 35.5. The first-order chi connectivity index (χ1) is 16.8. The molecule has 0 radical (unpaired) electrons. The van der Waals surface area contributed by atoms with E-state index in [-0.39, 0.29) is 37.8 Å². The summed E-state index contributed by atoms with van der Waals surface area (Å²) < 4.78 is 24.7. The van der Waals surface area contributed by atoms with Crippen molar-refractivity contribution >= 4 is 47.6 Å². The molecule has 3 rings (SSSR count). The Balaban J connectivity index is 2.21. The summed E-state index contributed by atoms with van der Waals surface area (Å²) in [5, 5.41) is -0.363. The van der Waals surface area contributed by atoms with Crippen molar-refractivity contribution in [2.24, 2.45) is 0 Å². The van der Waals surface area contributed by atoms with Crippen molar-refractivity contribution in [2.75, 3.05) is 14.2 Å². The van der Waals surface area contributed by atoms with Gasteiger partial charge in [-0.25, -0.2) is 4.79 Å². The molecule has 1 unspecified atom stereocenters. The molecule has 8 heteroatoms. The Labute approximate surface area is 222 Å². The number of methoxy groups -OCH3 is 2. The second kappa shape index (κ2) is 10.7. The minimum Gasteiger partial charge on any atom is -0.491 e. The number of aryl methyl sites for hydroxylation is 2. The maximum atomic E-state index is 13.8. The van der Waals surface area contributed by atoms with Crippen molar-refractivity contribution in [1.82, 2.24) is 0 Å². The lowest BCUT2D eigenvalue weighted by Crippen LogP contribution is -2.17. The Hall–Kier alpha value is -2.72. The molecule has 5 nitrogen and oxygen atoms in total. The summed E-state index contributed by atoms with van der Waals surface area (Å²) in [6.45, 7) is 9.88. The van der Waals surface area contributed by atoms with Crippen molar-refractivity contribution in [1.29, 1.82) is 0 Å². The number of ketones is 1. The molecule has 0 aliphatic heterocycles. The van der Waals surface area contributed by atoms with Crippen molar-refractivity contribution in [3.05, 3.63) is 85.9 Å². The SMILES string of the molecule is COc1c(Cl)c(C(=O)c2ccccc2)c(Cl)c(OC)c1[P+](=O)C(=O)c1c(C)cc(C(C)(C)C)cc1C. The van der Waals surface area contributed by atoms with Gasteiger partial charge in [0, 0.05) is 5.56 Å². The minimum absolute atomic E-state index is 0.0558. The molecule has 0 saturated carbocycles. The maximum Gasteiger partial charge on any atom is 0.466 e. The van der Waals surface area contributed by atoms with E-state index in [1.807, 2.05) is 26.0 Å². The Kier molecular flexibility index (Phi) is 8.30. The van der Waals surface area contributed by atoms with Crippen LogP contribution in [0.2, 0.25) is 10.0 Å². The molecule has 0 N–H and O–H groups in total. The molecule has 3 aromatic rings. The zero-order valence-corrected chi connectivity index (χ0v) is 23.7. The molecule has 1 atom stereocenters. The van der Waals surface area contributed by atoms with E-state index in [4.69, 9.17) is 32.7 Å². The van der Waals surface area contributed by atoms with Crippen molar-refractivity contribution in [3.8, 4) is 11.5 Å². The highest BCUT2D eigenvalue weighted by Gasteiger charge is 2.45. The number of benzene rings is 3. The van der Waals surface area contributed by atoms with Crippen LogP contribution in [-0.4, -0.2) is 25.5 Å². The number of rotatable bonds is 7. The summed E-state index contributed by atoms with van der Waals surface area (Å²) >= 11 is 13.2. The summed E-state index contributed by atoms with van der Waals surface area (Å²) in [6.07, 6.45) is 0. The summed E-state index contributed by atoms with van der Waals surface area (Å²) in [5.41, 5.74) is 2.40. The highest BCUT2D eigenvalue weighted by Crippen LogP contribution is 2.46. The summed E-state index contributed by atoms with van der Waals surface area (Å²) in [4.78, 5) is 26.8. The third kappa shape index (κ3) is 5.06. The van der Waals surface area contributed by atoms with Gasteiger partial charge in [-0.05, 0) is 36.0 Å². The normalized spacial score (nSPS) is 11.8. The van der Waals surface area contributed by atoms with Gasteiger partial charge in [-0.3, -0.25) is 4.79 Å². The van der Waals surface area contributed by atoms with Gasteiger partial charge < -0.3 is 9.47 Å². The molecule has 0 spiro atoms. The number of hydrogen-bond donors (Lipinski definition) is 0. The van der Waals surface area contributed by atoms with Crippen LogP contribution in [0.1, 0.15) is 63.7 Å². The van der Waals surface area contributed by atoms with Gasteiger partial charge >= 0.3 is 13.3 Å². The van der Waals surface area contributed by atoms with Gasteiger partial charge in [-0.2, -0.15) is 0 Å². The van der Waals surface area contributed by atoms with Crippen LogP contribution in [0, 0.1) is 13.8 Å². The first-order valence-corrected chi connectivity index (χ1v) is 13.2. The standard InChI is InChI=1S/C28H28Cl2O5P/c1-15-13-18(28(3,4)5)14-16(2)19(15)27(32)36(33)26-24(34-6)21(29)20(22(30)25(26)35-7)23(31)17-11-9-8-10-12-17/h8-14H,1-7H3/q+1. The Bertz CT molecular complexity index is 1320. The lowest BCUT2D eigenvalue weighted by atomic mass is 9.84. The van der Waals surface area contributed by atoms with Crippen LogP contribution in [0.3, 0.4) is 0 Å². The van der Waals surface area contributed by atoms with Gasteiger partial charge in [-0.15, -0.1) is 0 Å². The Morgan fingerprint density at radius 2 is 1.31 bits per heavy atom. The third-order valence-electron chi connectivity index (χ3n) is 5.94. The van der Waals surface area contributed by atoms with Crippen LogP contribution >= 0.6 is 31.0 Å². The van der Waals surface area contributed by atoms with E-state index in [1.165, 1.54) is 14.2 Å². The van der Waals surface area contributed by atoms with E-state index in [0.29, 0.717) is 22.3 Å². The van der Waals surface area contributed by atoms with Crippen molar-refractivity contribution in [2.45, 2.75) is 40.0 Å². The lowest BCUT2D eigenvalue weighted by molar-refractivity contribution is 0.103. The van der Waals surface area contributed by atoms with Gasteiger partial charge in [0.1, 0.15) is 10.0 Å². The molecule has 0 bridgehead atoms. The summed E-state index contributed by atoms with van der Waals surface area (Å²) in [7, 11) is -0.141. The van der Waals surface area contributed by atoms with Gasteiger partial charge in [0.2, 0.25) is 0 Å². The number of halogens is 2. The van der Waals surface area contributed by atoms with E-state index < -0.39 is 19.1 Å². The molecular weight excluding hydrogens is 518 g/mol. The van der Waals surface area contributed by atoms with E-state index >= 15 is 0 Å². The number of carbonyl (C=O) groups is 2. The second-order valence-corrected chi connectivity index (χ2v) is 11.6. The average molecular weight is 546 g/mol. The average Bonchev–Trinajstić information content (AvgIpc) is 2.82. The van der Waals surface area contributed by atoms with Crippen LogP contribution < -0.4 is 14.8 Å². The van der Waals surface area contributed by atoms with E-state index in [2.05, 4.69) is 20.8 Å². The van der Waals surface area contributed by atoms with Crippen molar-refractivity contribution in [3.63, 3.8) is 0 Å². The predicted octanol–water partition coefficient (Wildman–Crippen LogP) is 7.45. The third-order valence-corrected chi connectivity index (χ3v) is 8.07. The number of hydrogen-bond acceptors (Lipinski definition) is 5. The quantitative estimate of drug-likeness (QED) is 0.228. The largest absolute Gasteiger partial charge is 0.491 e.